The van der Waals surface area contributed by atoms with Crippen LogP contribution in [0.2, 0.25) is 0 Å². The first kappa shape index (κ1) is 20.2. The molecular weight excluding hydrogens is 372 g/mol. The monoisotopic (exact) mass is 402 g/mol. The highest BCUT2D eigenvalue weighted by molar-refractivity contribution is 5.97. The molecule has 2 aromatic carbocycles. The molecule has 1 N–H and O–H groups in total. The van der Waals surface area contributed by atoms with E-state index in [4.69, 9.17) is 0 Å². The van der Waals surface area contributed by atoms with E-state index in [1.807, 2.05) is 30.0 Å². The molecular formula is C25H30N4O. The summed E-state index contributed by atoms with van der Waals surface area (Å²) in [4.78, 5) is 22.7. The number of hydrogen-bond acceptors (Lipinski definition) is 3. The number of nitrogens with zero attached hydrogens (tertiary/aromatic N) is 3. The number of fused-ring (bicyclic) bond motifs is 4. The molecule has 1 aliphatic heterocycles. The van der Waals surface area contributed by atoms with Gasteiger partial charge in [0.15, 0.2) is 0 Å². The number of aryl methyl sites for hydroxylation is 1. The van der Waals surface area contributed by atoms with Crippen LogP contribution < -0.4 is 0 Å². The van der Waals surface area contributed by atoms with Crippen molar-refractivity contribution in [2.24, 2.45) is 0 Å². The van der Waals surface area contributed by atoms with Gasteiger partial charge in [0.05, 0.1) is 29.0 Å². The third kappa shape index (κ3) is 3.47. The molecule has 2 atom stereocenters. The number of nitriles is 1. The second-order valence-corrected chi connectivity index (χ2v) is 8.34. The van der Waals surface area contributed by atoms with Crippen molar-refractivity contribution in [2.45, 2.75) is 58.4 Å². The maximum Gasteiger partial charge on any atom is 0.254 e. The Labute approximate surface area is 179 Å². The van der Waals surface area contributed by atoms with Crippen LogP contribution in [0.1, 0.15) is 73.1 Å². The van der Waals surface area contributed by atoms with E-state index in [-0.39, 0.29) is 13.4 Å². The summed E-state index contributed by atoms with van der Waals surface area (Å²) < 4.78 is 0. The number of piperidine rings is 1. The largest absolute Gasteiger partial charge is 0.345 e. The molecule has 2 heterocycles. The highest BCUT2D eigenvalue weighted by atomic mass is 16.2. The summed E-state index contributed by atoms with van der Waals surface area (Å²) in [7, 11) is 0. The van der Waals surface area contributed by atoms with Crippen LogP contribution in [-0.2, 0) is 6.42 Å². The van der Waals surface area contributed by atoms with Gasteiger partial charge in [0.2, 0.25) is 0 Å². The summed E-state index contributed by atoms with van der Waals surface area (Å²) in [5.41, 5.74) is 6.81. The van der Waals surface area contributed by atoms with Gasteiger partial charge in [-0.25, -0.2) is 4.98 Å². The first-order valence-electron chi connectivity index (χ1n) is 10.8. The first-order valence-corrected chi connectivity index (χ1v) is 10.8. The van der Waals surface area contributed by atoms with E-state index in [0.29, 0.717) is 11.5 Å². The molecule has 1 aromatic heterocycles. The van der Waals surface area contributed by atoms with Crippen LogP contribution in [0.4, 0.5) is 0 Å². The second kappa shape index (κ2) is 8.31. The van der Waals surface area contributed by atoms with Crippen LogP contribution in [0.25, 0.3) is 11.0 Å². The molecule has 0 bridgehead atoms. The average molecular weight is 403 g/mol. The number of hydrogen-bond donors (Lipinski definition) is 1. The van der Waals surface area contributed by atoms with Crippen molar-refractivity contribution in [3.05, 3.63) is 64.5 Å². The zero-order valence-corrected chi connectivity index (χ0v) is 17.9. The fourth-order valence-electron chi connectivity index (χ4n) is 4.81. The second-order valence-electron chi connectivity index (χ2n) is 8.34. The number of imidazole rings is 1. The molecule has 3 aromatic rings. The topological polar surface area (TPSA) is 72.8 Å². The maximum absolute atomic E-state index is 13.3. The van der Waals surface area contributed by atoms with Gasteiger partial charge >= 0.3 is 0 Å². The lowest BCUT2D eigenvalue weighted by atomic mass is 9.87. The third-order valence-corrected chi connectivity index (χ3v) is 6.14. The number of rotatable bonds is 1. The number of likely N-dealkylation sites (tertiary alicyclic amines) is 1. The Morgan fingerprint density at radius 3 is 2.90 bits per heavy atom. The normalized spacial score (nSPS) is 19.5. The third-order valence-electron chi connectivity index (χ3n) is 6.14. The molecule has 156 valence electrons. The molecule has 5 nitrogen and oxygen atoms in total. The molecule has 1 fully saturated rings. The highest BCUT2D eigenvalue weighted by Crippen LogP contribution is 2.43. The molecule has 1 aliphatic carbocycles. The summed E-state index contributed by atoms with van der Waals surface area (Å²) in [5.74, 6) is 0.424. The van der Waals surface area contributed by atoms with Gasteiger partial charge in [0.25, 0.3) is 5.91 Å². The molecule has 5 heteroatoms. The number of nitrogens with one attached hydrogen (secondary N) is 1. The molecule has 30 heavy (non-hydrogen) atoms. The smallest absolute Gasteiger partial charge is 0.254 e. The standard InChI is InChI=1S/C22H20N4O.C3H8.H2/c1-13-7-15-10-21-17(18(15)8-16(13)11-23)3-2-6-26(21)22(27)14-4-5-19-20(9-14)25-12-24-19;1-3-2;/h4-5,7-9,12,17,21H,2-3,6,10H2,1H3,(H,24,25);3H2,1-2H3;1H/t17-,21+;;/m0../s1. The summed E-state index contributed by atoms with van der Waals surface area (Å²) in [6.45, 7) is 7.03. The molecule has 1 saturated heterocycles. The zero-order chi connectivity index (χ0) is 21.3. The van der Waals surface area contributed by atoms with Crippen molar-refractivity contribution in [1.82, 2.24) is 14.9 Å². The van der Waals surface area contributed by atoms with Crippen LogP contribution in [0, 0.1) is 18.3 Å². The Morgan fingerprint density at radius 1 is 1.33 bits per heavy atom. The quantitative estimate of drug-likeness (QED) is 0.596. The van der Waals surface area contributed by atoms with Gasteiger partial charge in [-0.3, -0.25) is 4.79 Å². The Morgan fingerprint density at radius 2 is 2.13 bits per heavy atom. The molecule has 0 spiro atoms. The summed E-state index contributed by atoms with van der Waals surface area (Å²) in [5, 5.41) is 9.38. The van der Waals surface area contributed by atoms with Gasteiger partial charge < -0.3 is 9.88 Å². The van der Waals surface area contributed by atoms with Crippen LogP contribution >= 0.6 is 0 Å². The van der Waals surface area contributed by atoms with Crippen LogP contribution in [-0.4, -0.2) is 33.4 Å². The van der Waals surface area contributed by atoms with E-state index in [2.05, 4.69) is 42.0 Å². The molecule has 2 aliphatic rings. The van der Waals surface area contributed by atoms with E-state index in [0.717, 1.165) is 48.0 Å². The predicted octanol–water partition coefficient (Wildman–Crippen LogP) is 5.35. The van der Waals surface area contributed by atoms with Crippen LogP contribution in [0.15, 0.2) is 36.7 Å². The number of amides is 1. The van der Waals surface area contributed by atoms with Crippen LogP contribution in [0.3, 0.4) is 0 Å². The summed E-state index contributed by atoms with van der Waals surface area (Å²) >= 11 is 0. The minimum Gasteiger partial charge on any atom is -0.345 e. The van der Waals surface area contributed by atoms with Gasteiger partial charge in [-0.1, -0.05) is 26.3 Å². The maximum atomic E-state index is 13.3. The van der Waals surface area contributed by atoms with E-state index in [1.165, 1.54) is 17.5 Å². The van der Waals surface area contributed by atoms with Gasteiger partial charge in [-0.2, -0.15) is 5.26 Å². The Bertz CT molecular complexity index is 1130. The molecule has 1 amide bonds. The number of H-pyrrole nitrogens is 1. The summed E-state index contributed by atoms with van der Waals surface area (Å²) in [6.07, 6.45) is 5.85. The van der Waals surface area contributed by atoms with Crippen molar-refractivity contribution < 1.29 is 6.22 Å². The van der Waals surface area contributed by atoms with E-state index in [9.17, 15) is 10.1 Å². The van der Waals surface area contributed by atoms with Crippen molar-refractivity contribution in [3.63, 3.8) is 0 Å². The van der Waals surface area contributed by atoms with Gasteiger partial charge in [-0.05, 0) is 67.1 Å². The van der Waals surface area contributed by atoms with Crippen molar-refractivity contribution in [1.29, 1.82) is 5.26 Å². The lowest BCUT2D eigenvalue weighted by molar-refractivity contribution is 0.0595. The lowest BCUT2D eigenvalue weighted by Crippen LogP contribution is -2.46. The predicted molar refractivity (Wildman–Crippen MR) is 121 cm³/mol. The Hall–Kier alpha value is -3.13. The zero-order valence-electron chi connectivity index (χ0n) is 17.9. The van der Waals surface area contributed by atoms with Crippen LogP contribution in [0.5, 0.6) is 0 Å². The lowest BCUT2D eigenvalue weighted by Gasteiger charge is -2.38. The minimum atomic E-state index is 0. The Kier molecular flexibility index (Phi) is 5.59. The SMILES string of the molecule is CCC.Cc1cc2c(cc1C#N)[C@@H]1CCCN(C(=O)c3ccc4nc[nH]c4c3)[C@@H]1C2.[HH]. The average Bonchev–Trinajstić information content (AvgIpc) is 3.36. The van der Waals surface area contributed by atoms with E-state index in [1.54, 1.807) is 6.33 Å². The highest BCUT2D eigenvalue weighted by Gasteiger charge is 2.41. The van der Waals surface area contributed by atoms with Gasteiger partial charge in [-0.15, -0.1) is 0 Å². The van der Waals surface area contributed by atoms with E-state index >= 15 is 0 Å². The number of carbonyl (C=O) groups excluding carboxylic acids is 1. The number of carbonyl (C=O) groups is 1. The van der Waals surface area contributed by atoms with Gasteiger partial charge in [0.1, 0.15) is 0 Å². The first-order chi connectivity index (χ1) is 14.6. The molecule has 0 unspecified atom stereocenters. The number of aromatic amines is 1. The number of aromatic nitrogens is 2. The summed E-state index contributed by atoms with van der Waals surface area (Å²) in [6, 6.07) is 12.4. The van der Waals surface area contributed by atoms with E-state index < -0.39 is 0 Å². The number of benzene rings is 2. The van der Waals surface area contributed by atoms with Crippen molar-refractivity contribution in [2.75, 3.05) is 6.54 Å². The molecule has 5 rings (SSSR count). The van der Waals surface area contributed by atoms with Crippen molar-refractivity contribution >= 4 is 16.9 Å². The fraction of sp³-hybridized carbons (Fsp3) is 0.400. The Balaban J connectivity index is 0.000000645. The van der Waals surface area contributed by atoms with Crippen molar-refractivity contribution in [3.8, 4) is 6.07 Å². The fourth-order valence-corrected chi connectivity index (χ4v) is 4.81. The minimum absolute atomic E-state index is 0. The van der Waals surface area contributed by atoms with Gasteiger partial charge in [0, 0.05) is 25.5 Å². The molecule has 0 saturated carbocycles. The molecule has 0 radical (unpaired) electrons.